The Morgan fingerprint density at radius 2 is 1.71 bits per heavy atom. The Bertz CT molecular complexity index is 1270. The zero-order valence-electron chi connectivity index (χ0n) is 18.5. The molecule has 2 aromatic carbocycles. The molecule has 0 saturated carbocycles. The van der Waals surface area contributed by atoms with Gasteiger partial charge in [0.1, 0.15) is 5.82 Å². The fourth-order valence-electron chi connectivity index (χ4n) is 4.24. The summed E-state index contributed by atoms with van der Waals surface area (Å²) in [5.41, 5.74) is 0.444. The van der Waals surface area contributed by atoms with Gasteiger partial charge in [0.15, 0.2) is 0 Å². The van der Waals surface area contributed by atoms with Crippen LogP contribution in [0.2, 0.25) is 0 Å². The number of carbonyl (C=O) groups excluding carboxylic acids is 3. The van der Waals surface area contributed by atoms with Crippen LogP contribution in [-0.2, 0) is 24.4 Å². The molecule has 1 fully saturated rings. The monoisotopic (exact) mass is 485 g/mol. The minimum absolute atomic E-state index is 0.0393. The molecule has 1 aliphatic heterocycles. The van der Waals surface area contributed by atoms with Gasteiger partial charge in [0.2, 0.25) is 17.7 Å². The van der Waals surface area contributed by atoms with Crippen LogP contribution in [-0.4, -0.2) is 37.6 Å². The molecule has 1 aliphatic carbocycles. The summed E-state index contributed by atoms with van der Waals surface area (Å²) in [6.45, 7) is 1.54. The first kappa shape index (κ1) is 23.6. The number of imide groups is 1. The fourth-order valence-corrected chi connectivity index (χ4v) is 5.58. The topological polar surface area (TPSA) is 113 Å². The van der Waals surface area contributed by atoms with Crippen molar-refractivity contribution in [1.82, 2.24) is 4.90 Å². The largest absolute Gasteiger partial charge is 0.326 e. The molecule has 0 radical (unpaired) electrons. The number of allylic oxidation sites excluding steroid dienone is 2. The lowest BCUT2D eigenvalue weighted by molar-refractivity contribution is -0.140. The summed E-state index contributed by atoms with van der Waals surface area (Å²) in [6.07, 6.45) is 4.73. The number of anilines is 2. The maximum atomic E-state index is 13.9. The van der Waals surface area contributed by atoms with E-state index < -0.39 is 21.7 Å². The number of para-hydroxylation sites is 1. The number of aryl methyl sites for hydroxylation is 1. The number of nitrogens with one attached hydrogen (secondary N) is 2. The number of sulfonamides is 1. The van der Waals surface area contributed by atoms with E-state index in [-0.39, 0.29) is 52.9 Å². The molecular weight excluding hydrogens is 461 g/mol. The molecule has 2 aromatic rings. The predicted octanol–water partition coefficient (Wildman–Crippen LogP) is 3.21. The van der Waals surface area contributed by atoms with Crippen molar-refractivity contribution >= 4 is 39.1 Å². The zero-order chi connectivity index (χ0) is 24.5. The summed E-state index contributed by atoms with van der Waals surface area (Å²) < 4.78 is 41.8. The molecule has 2 atom stereocenters. The molecule has 0 spiro atoms. The highest BCUT2D eigenvalue weighted by Crippen LogP contribution is 2.35. The molecule has 2 N–H and O–H groups in total. The van der Waals surface area contributed by atoms with Crippen molar-refractivity contribution in [3.05, 3.63) is 66.0 Å². The number of nitrogens with zero attached hydrogens (tertiary/aromatic N) is 1. The predicted molar refractivity (Wildman–Crippen MR) is 124 cm³/mol. The van der Waals surface area contributed by atoms with Crippen LogP contribution in [0, 0.1) is 24.6 Å². The summed E-state index contributed by atoms with van der Waals surface area (Å²) in [5.74, 6) is -2.40. The van der Waals surface area contributed by atoms with E-state index in [1.54, 1.807) is 13.0 Å². The van der Waals surface area contributed by atoms with Gasteiger partial charge >= 0.3 is 0 Å². The lowest BCUT2D eigenvalue weighted by Gasteiger charge is -2.15. The third-order valence-corrected chi connectivity index (χ3v) is 7.55. The summed E-state index contributed by atoms with van der Waals surface area (Å²) >= 11 is 0. The van der Waals surface area contributed by atoms with Crippen LogP contribution in [0.5, 0.6) is 0 Å². The highest BCUT2D eigenvalue weighted by molar-refractivity contribution is 7.92. The molecule has 8 nitrogen and oxygen atoms in total. The van der Waals surface area contributed by atoms with Crippen molar-refractivity contribution in [1.29, 1.82) is 0 Å². The second kappa shape index (κ2) is 9.38. The lowest BCUT2D eigenvalue weighted by Crippen LogP contribution is -2.34. The van der Waals surface area contributed by atoms with Gasteiger partial charge in [0.05, 0.1) is 22.4 Å². The Labute approximate surface area is 196 Å². The molecule has 3 amide bonds. The summed E-state index contributed by atoms with van der Waals surface area (Å²) in [4.78, 5) is 38.6. The van der Waals surface area contributed by atoms with E-state index >= 15 is 0 Å². The highest BCUT2D eigenvalue weighted by Gasteiger charge is 2.46. The number of likely N-dealkylation sites (tertiary alicyclic amines) is 1. The molecule has 178 valence electrons. The second-order valence-electron chi connectivity index (χ2n) is 8.35. The third kappa shape index (κ3) is 4.72. The summed E-state index contributed by atoms with van der Waals surface area (Å²) in [6, 6.07) is 9.75. The van der Waals surface area contributed by atoms with Gasteiger partial charge in [-0.1, -0.05) is 30.4 Å². The van der Waals surface area contributed by atoms with Crippen molar-refractivity contribution in [2.24, 2.45) is 11.8 Å². The van der Waals surface area contributed by atoms with Crippen molar-refractivity contribution in [3.8, 4) is 0 Å². The van der Waals surface area contributed by atoms with Gasteiger partial charge in [-0.2, -0.15) is 0 Å². The minimum atomic E-state index is -4.12. The maximum Gasteiger partial charge on any atom is 0.262 e. The van der Waals surface area contributed by atoms with Crippen LogP contribution in [0.1, 0.15) is 24.8 Å². The van der Waals surface area contributed by atoms with Crippen molar-refractivity contribution in [3.63, 3.8) is 0 Å². The Balaban J connectivity index is 1.42. The molecule has 1 heterocycles. The highest BCUT2D eigenvalue weighted by atomic mass is 32.2. The molecule has 10 heteroatoms. The number of hydrogen-bond acceptors (Lipinski definition) is 5. The maximum absolute atomic E-state index is 13.9. The normalized spacial score (nSPS) is 19.8. The van der Waals surface area contributed by atoms with E-state index in [0.29, 0.717) is 18.4 Å². The average molecular weight is 486 g/mol. The molecule has 4 rings (SSSR count). The number of fused-ring (bicyclic) bond motifs is 1. The van der Waals surface area contributed by atoms with E-state index in [0.717, 1.165) is 11.0 Å². The van der Waals surface area contributed by atoms with Gasteiger partial charge in [-0.3, -0.25) is 24.0 Å². The molecule has 0 unspecified atom stereocenters. The van der Waals surface area contributed by atoms with Gasteiger partial charge in [0.25, 0.3) is 10.0 Å². The quantitative estimate of drug-likeness (QED) is 0.462. The Hall–Kier alpha value is -3.53. The number of benzene rings is 2. The number of amides is 3. The number of hydrogen-bond donors (Lipinski definition) is 2. The molecule has 0 aromatic heterocycles. The zero-order valence-corrected chi connectivity index (χ0v) is 19.3. The van der Waals surface area contributed by atoms with Crippen molar-refractivity contribution in [2.45, 2.75) is 31.1 Å². The lowest BCUT2D eigenvalue weighted by atomic mass is 9.85. The molecule has 1 saturated heterocycles. The smallest absolute Gasteiger partial charge is 0.262 e. The molecular formula is C24H24FN3O5S. The van der Waals surface area contributed by atoms with Crippen LogP contribution >= 0.6 is 0 Å². The van der Waals surface area contributed by atoms with E-state index in [4.69, 9.17) is 0 Å². The average Bonchev–Trinajstić information content (AvgIpc) is 3.05. The SMILES string of the molecule is Cc1ccc(NC(=O)CCN2C(=O)[C@H]3CC=CC[C@H]3C2=O)cc1S(=O)(=O)Nc1ccccc1F. The first-order valence-electron chi connectivity index (χ1n) is 10.9. The first-order chi connectivity index (χ1) is 16.2. The Morgan fingerprint density at radius 3 is 2.35 bits per heavy atom. The van der Waals surface area contributed by atoms with E-state index in [2.05, 4.69) is 10.0 Å². The Kier molecular flexibility index (Phi) is 6.52. The Morgan fingerprint density at radius 1 is 1.06 bits per heavy atom. The third-order valence-electron chi connectivity index (χ3n) is 6.04. The summed E-state index contributed by atoms with van der Waals surface area (Å²) in [7, 11) is -4.12. The number of halogens is 1. The van der Waals surface area contributed by atoms with Crippen LogP contribution in [0.3, 0.4) is 0 Å². The van der Waals surface area contributed by atoms with Crippen molar-refractivity contribution < 1.29 is 27.2 Å². The standard InChI is InChI=1S/C24H24FN3O5S/c1-15-10-11-16(14-21(15)34(32,33)27-20-9-5-4-8-19(20)25)26-22(29)12-13-28-23(30)17-6-2-3-7-18(17)24(28)31/h2-5,8-11,14,17-18,27H,6-7,12-13H2,1H3,(H,26,29)/t17-,18+. The van der Waals surface area contributed by atoms with Crippen molar-refractivity contribution in [2.75, 3.05) is 16.6 Å². The number of rotatable bonds is 7. The van der Waals surface area contributed by atoms with Gasteiger partial charge in [0, 0.05) is 18.7 Å². The van der Waals surface area contributed by atoms with Crippen LogP contribution in [0.4, 0.5) is 15.8 Å². The summed E-state index contributed by atoms with van der Waals surface area (Å²) in [5, 5.41) is 2.61. The van der Waals surface area contributed by atoms with E-state index in [1.807, 2.05) is 12.2 Å². The van der Waals surface area contributed by atoms with Gasteiger partial charge in [-0.05, 0) is 49.6 Å². The number of carbonyl (C=O) groups is 3. The van der Waals surface area contributed by atoms with E-state index in [9.17, 15) is 27.2 Å². The van der Waals surface area contributed by atoms with Crippen LogP contribution in [0.25, 0.3) is 0 Å². The van der Waals surface area contributed by atoms with Crippen LogP contribution in [0.15, 0.2) is 59.5 Å². The first-order valence-corrected chi connectivity index (χ1v) is 12.3. The van der Waals surface area contributed by atoms with Crippen LogP contribution < -0.4 is 10.0 Å². The van der Waals surface area contributed by atoms with Gasteiger partial charge in [-0.25, -0.2) is 12.8 Å². The van der Waals surface area contributed by atoms with Gasteiger partial charge in [-0.15, -0.1) is 0 Å². The molecule has 0 bridgehead atoms. The fraction of sp³-hybridized carbons (Fsp3) is 0.292. The van der Waals surface area contributed by atoms with E-state index in [1.165, 1.54) is 30.3 Å². The molecule has 2 aliphatic rings. The minimum Gasteiger partial charge on any atom is -0.326 e. The second-order valence-corrected chi connectivity index (χ2v) is 10.00. The molecule has 34 heavy (non-hydrogen) atoms. The van der Waals surface area contributed by atoms with Gasteiger partial charge < -0.3 is 5.32 Å².